The Kier molecular flexibility index (Phi) is 4.63. The van der Waals surface area contributed by atoms with Gasteiger partial charge < -0.3 is 21.5 Å². The smallest absolute Gasteiger partial charge is 0.418 e. The molecule has 12 heteroatoms. The van der Waals surface area contributed by atoms with Crippen molar-refractivity contribution in [1.29, 1.82) is 0 Å². The van der Waals surface area contributed by atoms with E-state index in [1.165, 1.54) is 18.1 Å². The molecule has 5 N–H and O–H groups in total. The van der Waals surface area contributed by atoms with Gasteiger partial charge in [-0.2, -0.15) is 23.1 Å². The van der Waals surface area contributed by atoms with E-state index in [0.717, 1.165) is 12.1 Å². The number of halogens is 3. The van der Waals surface area contributed by atoms with Gasteiger partial charge in [-0.3, -0.25) is 0 Å². The number of carboxylic acid groups (broad SMARTS) is 1. The Morgan fingerprint density at radius 2 is 1.93 bits per heavy atom. The summed E-state index contributed by atoms with van der Waals surface area (Å²) in [5, 5.41) is 8.95. The maximum Gasteiger partial charge on any atom is 0.418 e. The average molecular weight is 393 g/mol. The molecule has 1 aromatic carbocycles. The van der Waals surface area contributed by atoms with Crippen LogP contribution in [0.5, 0.6) is 0 Å². The molecule has 0 aliphatic rings. The van der Waals surface area contributed by atoms with Crippen LogP contribution in [0.25, 0.3) is 11.2 Å². The van der Waals surface area contributed by atoms with Gasteiger partial charge in [0.2, 0.25) is 5.95 Å². The number of carboxylic acids is 1. The molecule has 2 aromatic heterocycles. The Hall–Kier alpha value is -3.70. The van der Waals surface area contributed by atoms with Crippen molar-refractivity contribution in [2.75, 3.05) is 23.4 Å². The summed E-state index contributed by atoms with van der Waals surface area (Å²) < 4.78 is 40.2. The highest BCUT2D eigenvalue weighted by Crippen LogP contribution is 2.37. The monoisotopic (exact) mass is 393 g/mol. The molecule has 28 heavy (non-hydrogen) atoms. The Morgan fingerprint density at radius 3 is 2.57 bits per heavy atom. The van der Waals surface area contributed by atoms with Crippen molar-refractivity contribution >= 4 is 34.6 Å². The first-order chi connectivity index (χ1) is 13.1. The lowest BCUT2D eigenvalue weighted by atomic mass is 10.1. The van der Waals surface area contributed by atoms with Crippen LogP contribution in [0.15, 0.2) is 24.4 Å². The number of hydrogen-bond donors (Lipinski definition) is 3. The minimum absolute atomic E-state index is 0.00120. The zero-order chi connectivity index (χ0) is 20.6. The molecule has 3 aromatic rings. The summed E-state index contributed by atoms with van der Waals surface area (Å²) in [5.74, 6) is -1.52. The van der Waals surface area contributed by atoms with Crippen LogP contribution >= 0.6 is 0 Å². The number of benzene rings is 1. The molecule has 0 amide bonds. The third-order valence-electron chi connectivity index (χ3n) is 3.86. The number of nitrogens with two attached hydrogens (primary N) is 2. The minimum atomic E-state index is -4.74. The lowest BCUT2D eigenvalue weighted by Crippen LogP contribution is -2.22. The van der Waals surface area contributed by atoms with Crippen molar-refractivity contribution < 1.29 is 23.1 Å². The van der Waals surface area contributed by atoms with Crippen molar-refractivity contribution in [3.63, 3.8) is 0 Å². The van der Waals surface area contributed by atoms with E-state index in [-0.39, 0.29) is 35.2 Å². The molecule has 3 rings (SSSR count). The molecule has 9 nitrogen and oxygen atoms in total. The molecule has 0 aliphatic carbocycles. The van der Waals surface area contributed by atoms with Gasteiger partial charge >= 0.3 is 12.1 Å². The minimum Gasteiger partial charge on any atom is -0.478 e. The number of alkyl halides is 3. The van der Waals surface area contributed by atoms with Gasteiger partial charge in [0, 0.05) is 12.7 Å². The lowest BCUT2D eigenvalue weighted by Gasteiger charge is -2.23. The zero-order valence-electron chi connectivity index (χ0n) is 14.4. The van der Waals surface area contributed by atoms with Gasteiger partial charge in [0.25, 0.3) is 0 Å². The van der Waals surface area contributed by atoms with Crippen molar-refractivity contribution in [2.45, 2.75) is 12.7 Å². The highest BCUT2D eigenvalue weighted by Gasteiger charge is 2.35. The molecule has 0 spiro atoms. The number of fused-ring (bicyclic) bond motifs is 1. The predicted molar refractivity (Wildman–Crippen MR) is 94.5 cm³/mol. The molecule has 0 aliphatic heterocycles. The number of nitrogens with zero attached hydrogens (tertiary/aromatic N) is 5. The van der Waals surface area contributed by atoms with E-state index in [1.54, 1.807) is 0 Å². The molecule has 146 valence electrons. The van der Waals surface area contributed by atoms with E-state index in [0.29, 0.717) is 11.8 Å². The van der Waals surface area contributed by atoms with E-state index >= 15 is 0 Å². The second kappa shape index (κ2) is 6.79. The second-order valence-electron chi connectivity index (χ2n) is 5.89. The summed E-state index contributed by atoms with van der Waals surface area (Å²) in [6, 6.07) is 2.79. The first-order valence-electron chi connectivity index (χ1n) is 7.76. The van der Waals surface area contributed by atoms with Gasteiger partial charge in [0.15, 0.2) is 17.0 Å². The van der Waals surface area contributed by atoms with Gasteiger partial charge in [-0.1, -0.05) is 0 Å². The molecule has 0 bridgehead atoms. The summed E-state index contributed by atoms with van der Waals surface area (Å²) in [6.07, 6.45) is -3.40. The maximum atomic E-state index is 13.4. The molecule has 0 unspecified atom stereocenters. The Labute approximate surface area is 155 Å². The fourth-order valence-corrected chi connectivity index (χ4v) is 2.62. The Morgan fingerprint density at radius 1 is 1.21 bits per heavy atom. The topological polar surface area (TPSA) is 144 Å². The number of anilines is 3. The van der Waals surface area contributed by atoms with E-state index in [9.17, 15) is 18.0 Å². The summed E-state index contributed by atoms with van der Waals surface area (Å²) in [4.78, 5) is 28.2. The van der Waals surface area contributed by atoms with Crippen LogP contribution in [0.1, 0.15) is 21.6 Å². The highest BCUT2D eigenvalue weighted by atomic mass is 19.4. The predicted octanol–water partition coefficient (Wildman–Crippen LogP) is 1.94. The summed E-state index contributed by atoms with van der Waals surface area (Å²) in [7, 11) is 1.42. The van der Waals surface area contributed by atoms with Crippen LogP contribution in [0.4, 0.5) is 30.6 Å². The Balaban J connectivity index is 1.98. The summed E-state index contributed by atoms with van der Waals surface area (Å²) in [5.41, 5.74) is 10.1. The molecule has 0 atom stereocenters. The van der Waals surface area contributed by atoms with E-state index < -0.39 is 23.3 Å². The quantitative estimate of drug-likeness (QED) is 0.605. The number of hydrogen-bond acceptors (Lipinski definition) is 8. The van der Waals surface area contributed by atoms with Gasteiger partial charge in [0.05, 0.1) is 29.6 Å². The molecule has 0 fully saturated rings. The second-order valence-corrected chi connectivity index (χ2v) is 5.89. The maximum absolute atomic E-state index is 13.4. The van der Waals surface area contributed by atoms with Crippen molar-refractivity contribution in [3.8, 4) is 0 Å². The standard InChI is InChI=1S/C16H14F3N7O2/c1-26(10-3-2-7(14(27)28)4-9(10)16(17,18)19)6-8-5-22-13-11(23-8)12(20)24-15(21)25-13/h2-5H,6H2,1H3,(H,27,28)(H4,20,21,22,24,25). The molecule has 0 radical (unpaired) electrons. The van der Waals surface area contributed by atoms with Crippen molar-refractivity contribution in [1.82, 2.24) is 19.9 Å². The van der Waals surface area contributed by atoms with Crippen LogP contribution in [0.2, 0.25) is 0 Å². The van der Waals surface area contributed by atoms with Crippen LogP contribution in [-0.4, -0.2) is 38.1 Å². The fraction of sp³-hybridized carbons (Fsp3) is 0.188. The first kappa shape index (κ1) is 19.1. The number of aromatic nitrogens is 4. The number of rotatable bonds is 4. The van der Waals surface area contributed by atoms with Crippen molar-refractivity contribution in [2.24, 2.45) is 0 Å². The lowest BCUT2D eigenvalue weighted by molar-refractivity contribution is -0.137. The zero-order valence-corrected chi connectivity index (χ0v) is 14.4. The number of carbonyl (C=O) groups is 1. The number of nitrogen functional groups attached to an aromatic ring is 2. The largest absolute Gasteiger partial charge is 0.478 e. The molecule has 0 saturated heterocycles. The Bertz CT molecular complexity index is 1070. The van der Waals surface area contributed by atoms with E-state index in [2.05, 4.69) is 19.9 Å². The van der Waals surface area contributed by atoms with Gasteiger partial charge in [-0.05, 0) is 18.2 Å². The van der Waals surface area contributed by atoms with Gasteiger partial charge in [0.1, 0.15) is 0 Å². The van der Waals surface area contributed by atoms with Gasteiger partial charge in [-0.15, -0.1) is 0 Å². The van der Waals surface area contributed by atoms with Crippen LogP contribution in [0, 0.1) is 0 Å². The summed E-state index contributed by atoms with van der Waals surface area (Å²) >= 11 is 0. The van der Waals surface area contributed by atoms with Crippen molar-refractivity contribution in [3.05, 3.63) is 41.2 Å². The molecule has 2 heterocycles. The van der Waals surface area contributed by atoms with Crippen LogP contribution < -0.4 is 16.4 Å². The SMILES string of the molecule is CN(Cc1cnc2nc(N)nc(N)c2n1)c1ccc(C(=O)O)cc1C(F)(F)F. The van der Waals surface area contributed by atoms with Gasteiger partial charge in [-0.25, -0.2) is 14.8 Å². The molecular formula is C16H14F3N7O2. The number of aromatic carboxylic acids is 1. The normalized spacial score (nSPS) is 11.6. The van der Waals surface area contributed by atoms with Crippen LogP contribution in [0.3, 0.4) is 0 Å². The van der Waals surface area contributed by atoms with E-state index in [4.69, 9.17) is 16.6 Å². The van der Waals surface area contributed by atoms with Crippen LogP contribution in [-0.2, 0) is 12.7 Å². The first-order valence-corrected chi connectivity index (χ1v) is 7.76. The molecule has 0 saturated carbocycles. The highest BCUT2D eigenvalue weighted by molar-refractivity contribution is 5.88. The third-order valence-corrected chi connectivity index (χ3v) is 3.86. The third kappa shape index (κ3) is 3.70. The van der Waals surface area contributed by atoms with E-state index in [1.807, 2.05) is 0 Å². The molecular weight excluding hydrogens is 379 g/mol. The average Bonchev–Trinajstić information content (AvgIpc) is 2.60. The summed E-state index contributed by atoms with van der Waals surface area (Å²) in [6.45, 7) is -0.0533. The fourth-order valence-electron chi connectivity index (χ4n) is 2.62.